The smallest absolute Gasteiger partial charge is 0.194 e. The van der Waals surface area contributed by atoms with Crippen LogP contribution in [-0.4, -0.2) is 5.78 Å². The molecule has 2 aromatic rings. The van der Waals surface area contributed by atoms with Crippen molar-refractivity contribution in [2.45, 2.75) is 0 Å². The summed E-state index contributed by atoms with van der Waals surface area (Å²) in [7, 11) is 0. The van der Waals surface area contributed by atoms with Gasteiger partial charge < -0.3 is 5.73 Å². The molecule has 2 rings (SSSR count). The van der Waals surface area contributed by atoms with Gasteiger partial charge in [-0.3, -0.25) is 4.79 Å². The Labute approximate surface area is 106 Å². The van der Waals surface area contributed by atoms with Crippen LogP contribution in [0.5, 0.6) is 0 Å². The molecule has 2 aromatic carbocycles. The van der Waals surface area contributed by atoms with E-state index in [0.717, 1.165) is 0 Å². The number of carbonyl (C=O) groups is 1. The van der Waals surface area contributed by atoms with Gasteiger partial charge in [0.1, 0.15) is 5.82 Å². The van der Waals surface area contributed by atoms with Crippen LogP contribution in [0.3, 0.4) is 0 Å². The Balaban J connectivity index is 2.40. The molecule has 0 aliphatic carbocycles. The molecule has 0 aromatic heterocycles. The van der Waals surface area contributed by atoms with Crippen molar-refractivity contribution in [2.75, 3.05) is 5.73 Å². The molecule has 0 atom stereocenters. The second-order valence-corrected chi connectivity index (χ2v) is 4.43. The van der Waals surface area contributed by atoms with E-state index in [4.69, 9.17) is 5.73 Å². The standard InChI is InChI=1S/C13H9BrFNO/c14-12-7-10(16)5-6-11(12)13(17)8-1-3-9(15)4-2-8/h1-7H,16H2. The molecule has 4 heteroatoms. The summed E-state index contributed by atoms with van der Waals surface area (Å²) in [5.41, 5.74) is 7.12. The van der Waals surface area contributed by atoms with Crippen LogP contribution in [0.25, 0.3) is 0 Å². The average Bonchev–Trinajstić information content (AvgIpc) is 2.29. The first-order chi connectivity index (χ1) is 8.08. The zero-order valence-electron chi connectivity index (χ0n) is 8.78. The first-order valence-corrected chi connectivity index (χ1v) is 5.72. The Kier molecular flexibility index (Phi) is 3.24. The van der Waals surface area contributed by atoms with Crippen molar-refractivity contribution in [2.24, 2.45) is 0 Å². The summed E-state index contributed by atoms with van der Waals surface area (Å²) in [5.74, 6) is -0.533. The van der Waals surface area contributed by atoms with Gasteiger partial charge in [0.05, 0.1) is 0 Å². The minimum absolute atomic E-state index is 0.170. The third kappa shape index (κ3) is 2.53. The van der Waals surface area contributed by atoms with Crippen molar-refractivity contribution in [3.63, 3.8) is 0 Å². The second-order valence-electron chi connectivity index (χ2n) is 3.58. The van der Waals surface area contributed by atoms with Crippen LogP contribution >= 0.6 is 15.9 Å². The van der Waals surface area contributed by atoms with Gasteiger partial charge in [-0.2, -0.15) is 0 Å². The highest BCUT2D eigenvalue weighted by Gasteiger charge is 2.12. The summed E-state index contributed by atoms with van der Waals surface area (Å²) < 4.78 is 13.4. The number of nitrogens with two attached hydrogens (primary N) is 1. The predicted octanol–water partition coefficient (Wildman–Crippen LogP) is 3.40. The number of anilines is 1. The molecule has 0 heterocycles. The fraction of sp³-hybridized carbons (Fsp3) is 0. The summed E-state index contributed by atoms with van der Waals surface area (Å²) in [6, 6.07) is 10.4. The van der Waals surface area contributed by atoms with E-state index in [-0.39, 0.29) is 11.6 Å². The summed E-state index contributed by atoms with van der Waals surface area (Å²) in [6.07, 6.45) is 0. The van der Waals surface area contributed by atoms with E-state index < -0.39 is 0 Å². The molecule has 0 saturated heterocycles. The fourth-order valence-electron chi connectivity index (χ4n) is 1.47. The van der Waals surface area contributed by atoms with Crippen molar-refractivity contribution >= 4 is 27.4 Å². The molecular formula is C13H9BrFNO. The minimum atomic E-state index is -0.363. The maximum absolute atomic E-state index is 12.7. The maximum atomic E-state index is 12.7. The van der Waals surface area contributed by atoms with E-state index in [9.17, 15) is 9.18 Å². The molecule has 0 spiro atoms. The lowest BCUT2D eigenvalue weighted by atomic mass is 10.0. The van der Waals surface area contributed by atoms with Crippen LogP contribution in [-0.2, 0) is 0 Å². The lowest BCUT2D eigenvalue weighted by Crippen LogP contribution is -2.02. The molecule has 0 aliphatic rings. The number of nitrogen functional groups attached to an aromatic ring is 1. The molecule has 0 fully saturated rings. The first kappa shape index (κ1) is 11.8. The van der Waals surface area contributed by atoms with Gasteiger partial charge in [0, 0.05) is 21.3 Å². The van der Waals surface area contributed by atoms with Crippen LogP contribution in [0.1, 0.15) is 15.9 Å². The number of benzene rings is 2. The maximum Gasteiger partial charge on any atom is 0.194 e. The molecule has 17 heavy (non-hydrogen) atoms. The summed E-state index contributed by atoms with van der Waals surface area (Å²) in [4.78, 5) is 12.1. The number of rotatable bonds is 2. The van der Waals surface area contributed by atoms with Gasteiger partial charge in [-0.05, 0) is 58.4 Å². The van der Waals surface area contributed by atoms with Crippen LogP contribution in [0, 0.1) is 5.82 Å². The number of hydrogen-bond acceptors (Lipinski definition) is 2. The monoisotopic (exact) mass is 293 g/mol. The largest absolute Gasteiger partial charge is 0.399 e. The van der Waals surface area contributed by atoms with Crippen LogP contribution in [0.2, 0.25) is 0 Å². The van der Waals surface area contributed by atoms with Crippen LogP contribution in [0.15, 0.2) is 46.9 Å². The van der Waals surface area contributed by atoms with Crippen molar-refractivity contribution in [3.8, 4) is 0 Å². The summed E-state index contributed by atoms with van der Waals surface area (Å²) in [6.45, 7) is 0. The van der Waals surface area contributed by atoms with E-state index >= 15 is 0 Å². The summed E-state index contributed by atoms with van der Waals surface area (Å²) in [5, 5.41) is 0. The molecule has 0 amide bonds. The Morgan fingerprint density at radius 2 is 1.76 bits per heavy atom. The van der Waals surface area contributed by atoms with Gasteiger partial charge in [-0.15, -0.1) is 0 Å². The zero-order chi connectivity index (χ0) is 12.4. The Hall–Kier alpha value is -1.68. The van der Waals surface area contributed by atoms with Crippen LogP contribution in [0.4, 0.5) is 10.1 Å². The van der Waals surface area contributed by atoms with E-state index in [1.165, 1.54) is 24.3 Å². The molecule has 86 valence electrons. The topological polar surface area (TPSA) is 43.1 Å². The van der Waals surface area contributed by atoms with Gasteiger partial charge in [0.15, 0.2) is 5.78 Å². The van der Waals surface area contributed by atoms with Crippen molar-refractivity contribution in [1.82, 2.24) is 0 Å². The fourth-order valence-corrected chi connectivity index (χ4v) is 2.05. The van der Waals surface area contributed by atoms with Gasteiger partial charge in [0.2, 0.25) is 0 Å². The van der Waals surface area contributed by atoms with Crippen LogP contribution < -0.4 is 5.73 Å². The number of halogens is 2. The Morgan fingerprint density at radius 1 is 1.12 bits per heavy atom. The third-order valence-electron chi connectivity index (χ3n) is 2.34. The molecule has 2 nitrogen and oxygen atoms in total. The van der Waals surface area contributed by atoms with Crippen molar-refractivity contribution in [1.29, 1.82) is 0 Å². The number of ketones is 1. The first-order valence-electron chi connectivity index (χ1n) is 4.93. The van der Waals surface area contributed by atoms with Gasteiger partial charge in [-0.1, -0.05) is 0 Å². The third-order valence-corrected chi connectivity index (χ3v) is 3.00. The Morgan fingerprint density at radius 3 is 2.35 bits per heavy atom. The van der Waals surface area contributed by atoms with Gasteiger partial charge >= 0.3 is 0 Å². The van der Waals surface area contributed by atoms with E-state index in [2.05, 4.69) is 15.9 Å². The number of hydrogen-bond donors (Lipinski definition) is 1. The van der Waals surface area contributed by atoms with Crippen molar-refractivity contribution < 1.29 is 9.18 Å². The van der Waals surface area contributed by atoms with Crippen molar-refractivity contribution in [3.05, 3.63) is 63.9 Å². The quantitative estimate of drug-likeness (QED) is 0.681. The molecule has 0 bridgehead atoms. The normalized spacial score (nSPS) is 10.2. The van der Waals surface area contributed by atoms with Gasteiger partial charge in [-0.25, -0.2) is 4.39 Å². The molecule has 0 aliphatic heterocycles. The number of carbonyl (C=O) groups excluding carboxylic acids is 1. The summed E-state index contributed by atoms with van der Waals surface area (Å²) >= 11 is 3.28. The molecule has 0 saturated carbocycles. The van der Waals surface area contributed by atoms with Gasteiger partial charge in [0.25, 0.3) is 0 Å². The zero-order valence-corrected chi connectivity index (χ0v) is 10.4. The van der Waals surface area contributed by atoms with E-state index in [0.29, 0.717) is 21.3 Å². The predicted molar refractivity (Wildman–Crippen MR) is 68.4 cm³/mol. The van der Waals surface area contributed by atoms with E-state index in [1.54, 1.807) is 18.2 Å². The minimum Gasteiger partial charge on any atom is -0.399 e. The molecule has 2 N–H and O–H groups in total. The lowest BCUT2D eigenvalue weighted by molar-refractivity contribution is 0.103. The second kappa shape index (κ2) is 4.67. The highest BCUT2D eigenvalue weighted by molar-refractivity contribution is 9.10. The highest BCUT2D eigenvalue weighted by atomic mass is 79.9. The average molecular weight is 294 g/mol. The Bertz CT molecular complexity index is 566. The molecule has 0 unspecified atom stereocenters. The molecular weight excluding hydrogens is 285 g/mol. The highest BCUT2D eigenvalue weighted by Crippen LogP contribution is 2.22. The SMILES string of the molecule is Nc1ccc(C(=O)c2ccc(F)cc2)c(Br)c1. The molecule has 0 radical (unpaired) electrons. The van der Waals surface area contributed by atoms with E-state index in [1.807, 2.05) is 0 Å². The lowest BCUT2D eigenvalue weighted by Gasteiger charge is -2.04.